The minimum atomic E-state index is 0.518. The van der Waals surface area contributed by atoms with Crippen LogP contribution in [0.4, 0.5) is 5.13 Å². The number of para-hydroxylation sites is 1. The average Bonchev–Trinajstić information content (AvgIpc) is 2.98. The van der Waals surface area contributed by atoms with E-state index >= 15 is 0 Å². The molecule has 1 aromatic heterocycles. The van der Waals surface area contributed by atoms with E-state index in [1.807, 2.05) is 12.3 Å². The Balaban J connectivity index is 1.98. The molecule has 0 aliphatic heterocycles. The molecule has 0 saturated heterocycles. The fourth-order valence-electron chi connectivity index (χ4n) is 2.08. The lowest BCUT2D eigenvalue weighted by Crippen LogP contribution is -1.99. The lowest BCUT2D eigenvalue weighted by molar-refractivity contribution is 0.304. The van der Waals surface area contributed by atoms with Crippen molar-refractivity contribution in [1.29, 1.82) is 0 Å². The number of ether oxygens (including phenoxy) is 1. The van der Waals surface area contributed by atoms with E-state index in [-0.39, 0.29) is 0 Å². The second-order valence-electron chi connectivity index (χ2n) is 5.19. The molecule has 1 aromatic carbocycles. The number of aromatic nitrogens is 1. The van der Waals surface area contributed by atoms with Crippen molar-refractivity contribution in [3.05, 3.63) is 40.9 Å². The van der Waals surface area contributed by atoms with Crippen molar-refractivity contribution in [2.75, 3.05) is 11.9 Å². The third-order valence-corrected chi connectivity index (χ3v) is 4.44. The van der Waals surface area contributed by atoms with Crippen LogP contribution in [0.5, 0.6) is 5.75 Å². The first-order valence-corrected chi connectivity index (χ1v) is 8.46. The molecule has 4 heteroatoms. The van der Waals surface area contributed by atoms with Crippen LogP contribution in [0.15, 0.2) is 30.5 Å². The third-order valence-electron chi connectivity index (χ3n) is 3.51. The van der Waals surface area contributed by atoms with Crippen molar-refractivity contribution in [1.82, 2.24) is 4.98 Å². The van der Waals surface area contributed by atoms with Gasteiger partial charge in [0.1, 0.15) is 12.4 Å². The Morgan fingerprint density at radius 2 is 2.10 bits per heavy atom. The molecule has 0 saturated carbocycles. The summed E-state index contributed by atoms with van der Waals surface area (Å²) in [5.41, 5.74) is 1.29. The van der Waals surface area contributed by atoms with E-state index in [0.717, 1.165) is 35.1 Å². The van der Waals surface area contributed by atoms with E-state index in [1.165, 1.54) is 5.56 Å². The Morgan fingerprint density at radius 3 is 2.86 bits per heavy atom. The molecule has 0 aliphatic carbocycles. The van der Waals surface area contributed by atoms with Crippen LogP contribution in [-0.4, -0.2) is 11.5 Å². The highest BCUT2D eigenvalue weighted by atomic mass is 32.1. The van der Waals surface area contributed by atoms with Crippen molar-refractivity contribution in [3.63, 3.8) is 0 Å². The number of thiazole rings is 1. The summed E-state index contributed by atoms with van der Waals surface area (Å²) >= 11 is 1.66. The molecule has 3 nitrogen and oxygen atoms in total. The SMILES string of the molecule is CCCNc1ncc(COc2ccccc2C(C)CC)s1. The lowest BCUT2D eigenvalue weighted by atomic mass is 9.98. The van der Waals surface area contributed by atoms with E-state index in [4.69, 9.17) is 4.74 Å². The van der Waals surface area contributed by atoms with Crippen LogP contribution in [0.25, 0.3) is 0 Å². The fraction of sp³-hybridized carbons (Fsp3) is 0.471. The maximum atomic E-state index is 6.01. The maximum absolute atomic E-state index is 6.01. The molecule has 1 N–H and O–H groups in total. The number of benzene rings is 1. The summed E-state index contributed by atoms with van der Waals surface area (Å²) in [6, 6.07) is 8.32. The number of hydrogen-bond donors (Lipinski definition) is 1. The van der Waals surface area contributed by atoms with Gasteiger partial charge in [0.2, 0.25) is 0 Å². The summed E-state index contributed by atoms with van der Waals surface area (Å²) in [5, 5.41) is 4.28. The van der Waals surface area contributed by atoms with Gasteiger partial charge in [-0.3, -0.25) is 0 Å². The summed E-state index contributed by atoms with van der Waals surface area (Å²) in [6.07, 6.45) is 4.12. The lowest BCUT2D eigenvalue weighted by Gasteiger charge is -2.15. The highest BCUT2D eigenvalue weighted by Crippen LogP contribution is 2.29. The van der Waals surface area contributed by atoms with Gasteiger partial charge in [0, 0.05) is 12.7 Å². The average molecular weight is 304 g/mol. The standard InChI is InChI=1S/C17H24N2OS/c1-4-10-18-17-19-11-14(21-17)12-20-16-9-7-6-8-15(16)13(3)5-2/h6-9,11,13H,4-5,10,12H2,1-3H3,(H,18,19). The minimum absolute atomic E-state index is 0.518. The Hall–Kier alpha value is -1.55. The predicted molar refractivity (Wildman–Crippen MR) is 90.4 cm³/mol. The van der Waals surface area contributed by atoms with Crippen LogP contribution in [0, 0.1) is 0 Å². The van der Waals surface area contributed by atoms with Crippen molar-refractivity contribution in [3.8, 4) is 5.75 Å². The topological polar surface area (TPSA) is 34.2 Å². The molecule has 0 spiro atoms. The number of anilines is 1. The first kappa shape index (κ1) is 15.8. The molecule has 0 amide bonds. The highest BCUT2D eigenvalue weighted by molar-refractivity contribution is 7.15. The second-order valence-corrected chi connectivity index (χ2v) is 6.31. The van der Waals surface area contributed by atoms with Crippen LogP contribution in [0.3, 0.4) is 0 Å². The molecule has 21 heavy (non-hydrogen) atoms. The molecule has 0 fully saturated rings. The second kappa shape index (κ2) is 8.03. The number of nitrogens with one attached hydrogen (secondary N) is 1. The molecule has 2 rings (SSSR count). The van der Waals surface area contributed by atoms with Gasteiger partial charge in [-0.05, 0) is 30.4 Å². The van der Waals surface area contributed by atoms with Gasteiger partial charge in [-0.1, -0.05) is 50.3 Å². The van der Waals surface area contributed by atoms with E-state index in [2.05, 4.69) is 49.3 Å². The van der Waals surface area contributed by atoms with Crippen LogP contribution in [-0.2, 0) is 6.61 Å². The van der Waals surface area contributed by atoms with Crippen LogP contribution in [0.2, 0.25) is 0 Å². The highest BCUT2D eigenvalue weighted by Gasteiger charge is 2.10. The molecule has 2 aromatic rings. The molecular formula is C17H24N2OS. The summed E-state index contributed by atoms with van der Waals surface area (Å²) < 4.78 is 6.01. The van der Waals surface area contributed by atoms with Gasteiger partial charge in [-0.25, -0.2) is 4.98 Å². The zero-order valence-corrected chi connectivity index (χ0v) is 13.9. The minimum Gasteiger partial charge on any atom is -0.488 e. The fourth-order valence-corrected chi connectivity index (χ4v) is 2.83. The monoisotopic (exact) mass is 304 g/mol. The zero-order valence-electron chi connectivity index (χ0n) is 13.1. The quantitative estimate of drug-likeness (QED) is 0.740. The molecule has 1 heterocycles. The predicted octanol–water partition coefficient (Wildman–Crippen LogP) is 5.06. The van der Waals surface area contributed by atoms with E-state index in [1.54, 1.807) is 11.3 Å². The molecular weight excluding hydrogens is 280 g/mol. The normalized spacial score (nSPS) is 12.1. The van der Waals surface area contributed by atoms with Crippen molar-refractivity contribution in [2.45, 2.75) is 46.1 Å². The Labute approximate surface area is 131 Å². The van der Waals surface area contributed by atoms with Crippen molar-refractivity contribution < 1.29 is 4.74 Å². The summed E-state index contributed by atoms with van der Waals surface area (Å²) in [5.74, 6) is 1.51. The number of hydrogen-bond acceptors (Lipinski definition) is 4. The van der Waals surface area contributed by atoms with Crippen molar-refractivity contribution >= 4 is 16.5 Å². The van der Waals surface area contributed by atoms with Gasteiger partial charge >= 0.3 is 0 Å². The van der Waals surface area contributed by atoms with Crippen LogP contribution >= 0.6 is 11.3 Å². The Kier molecular flexibility index (Phi) is 6.05. The molecule has 0 bridgehead atoms. The summed E-state index contributed by atoms with van der Waals surface area (Å²) in [6.45, 7) is 8.14. The van der Waals surface area contributed by atoms with E-state index in [9.17, 15) is 0 Å². The largest absolute Gasteiger partial charge is 0.488 e. The van der Waals surface area contributed by atoms with Gasteiger partial charge in [-0.2, -0.15) is 0 Å². The van der Waals surface area contributed by atoms with E-state index < -0.39 is 0 Å². The Bertz CT molecular complexity index is 553. The van der Waals surface area contributed by atoms with Gasteiger partial charge < -0.3 is 10.1 Å². The molecule has 0 aliphatic rings. The Morgan fingerprint density at radius 1 is 1.29 bits per heavy atom. The zero-order chi connectivity index (χ0) is 15.1. The first-order chi connectivity index (χ1) is 10.2. The summed E-state index contributed by atoms with van der Waals surface area (Å²) in [4.78, 5) is 5.51. The van der Waals surface area contributed by atoms with Gasteiger partial charge in [0.15, 0.2) is 5.13 Å². The smallest absolute Gasteiger partial charge is 0.182 e. The third kappa shape index (κ3) is 4.46. The molecule has 114 valence electrons. The van der Waals surface area contributed by atoms with Crippen LogP contribution < -0.4 is 10.1 Å². The van der Waals surface area contributed by atoms with Gasteiger partial charge in [-0.15, -0.1) is 0 Å². The van der Waals surface area contributed by atoms with Crippen molar-refractivity contribution in [2.24, 2.45) is 0 Å². The molecule has 0 radical (unpaired) electrons. The maximum Gasteiger partial charge on any atom is 0.182 e. The molecule has 1 unspecified atom stereocenters. The van der Waals surface area contributed by atoms with Gasteiger partial charge in [0.25, 0.3) is 0 Å². The van der Waals surface area contributed by atoms with Gasteiger partial charge in [0.05, 0.1) is 4.88 Å². The van der Waals surface area contributed by atoms with Crippen LogP contribution in [0.1, 0.15) is 50.0 Å². The first-order valence-electron chi connectivity index (χ1n) is 7.64. The number of nitrogens with zero attached hydrogens (tertiary/aromatic N) is 1. The number of rotatable bonds is 8. The van der Waals surface area contributed by atoms with E-state index in [0.29, 0.717) is 12.5 Å². The molecule has 1 atom stereocenters. The summed E-state index contributed by atoms with van der Waals surface area (Å²) in [7, 11) is 0.